The molecule has 0 N–H and O–H groups in total. The number of benzene rings is 1. The summed E-state index contributed by atoms with van der Waals surface area (Å²) in [6.45, 7) is 7.27. The summed E-state index contributed by atoms with van der Waals surface area (Å²) in [5.74, 6) is -0.724. The Morgan fingerprint density at radius 3 is 2.06 bits per heavy atom. The number of Topliss-reactive ketones (excluding diaryl/α,β-unsaturated/α-hetero) is 1. The van der Waals surface area contributed by atoms with Crippen molar-refractivity contribution in [3.05, 3.63) is 35.4 Å². The molecule has 0 aliphatic heterocycles. The van der Waals surface area contributed by atoms with Crippen LogP contribution in [0.25, 0.3) is 0 Å². The Morgan fingerprint density at radius 2 is 1.61 bits per heavy atom. The minimum atomic E-state index is -3.37. The van der Waals surface area contributed by atoms with E-state index in [4.69, 9.17) is 0 Å². The van der Waals surface area contributed by atoms with E-state index in [-0.39, 0.29) is 11.7 Å². The fourth-order valence-electron chi connectivity index (χ4n) is 1.55. The van der Waals surface area contributed by atoms with Crippen LogP contribution < -0.4 is 0 Å². The van der Waals surface area contributed by atoms with Gasteiger partial charge in [0.15, 0.2) is 15.6 Å². The number of ketones is 1. The number of hydrogen-bond donors (Lipinski definition) is 0. The molecule has 0 radical (unpaired) electrons. The van der Waals surface area contributed by atoms with E-state index in [1.54, 1.807) is 19.1 Å². The van der Waals surface area contributed by atoms with Crippen LogP contribution in [0.3, 0.4) is 0 Å². The van der Waals surface area contributed by atoms with E-state index < -0.39 is 20.8 Å². The molecule has 0 bridgehead atoms. The van der Waals surface area contributed by atoms with Crippen molar-refractivity contribution in [2.45, 2.75) is 32.9 Å². The lowest BCUT2D eigenvalue weighted by atomic mass is 10.1. The first-order valence-corrected chi connectivity index (χ1v) is 7.77. The average molecular weight is 268 g/mol. The Hall–Kier alpha value is -1.16. The maximum absolute atomic E-state index is 12.0. The van der Waals surface area contributed by atoms with Gasteiger partial charge in [-0.1, -0.05) is 43.7 Å². The second-order valence-corrected chi connectivity index (χ2v) is 7.40. The number of sulfone groups is 1. The van der Waals surface area contributed by atoms with Crippen molar-refractivity contribution in [1.82, 2.24) is 0 Å². The van der Waals surface area contributed by atoms with Crippen LogP contribution in [0, 0.1) is 12.8 Å². The summed E-state index contributed by atoms with van der Waals surface area (Å²) in [6.07, 6.45) is 0. The quantitative estimate of drug-likeness (QED) is 0.771. The molecule has 0 saturated carbocycles. The summed E-state index contributed by atoms with van der Waals surface area (Å²) >= 11 is 0. The van der Waals surface area contributed by atoms with Gasteiger partial charge in [0.2, 0.25) is 0 Å². The molecule has 0 saturated heterocycles. The highest BCUT2D eigenvalue weighted by Crippen LogP contribution is 2.14. The zero-order valence-corrected chi connectivity index (χ0v) is 12.1. The van der Waals surface area contributed by atoms with E-state index >= 15 is 0 Å². The standard InChI is InChI=1S/C14H20O3S/c1-10(2)12(4)18(16,17)9-14(15)13-7-5-11(3)6-8-13/h5-8,10,12H,9H2,1-4H3. The highest BCUT2D eigenvalue weighted by Gasteiger charge is 2.26. The van der Waals surface area contributed by atoms with Gasteiger partial charge in [0.1, 0.15) is 5.75 Å². The van der Waals surface area contributed by atoms with Crippen molar-refractivity contribution in [3.8, 4) is 0 Å². The van der Waals surface area contributed by atoms with Gasteiger partial charge in [0, 0.05) is 5.56 Å². The van der Waals surface area contributed by atoms with Crippen molar-refractivity contribution in [2.24, 2.45) is 5.92 Å². The van der Waals surface area contributed by atoms with Gasteiger partial charge in [-0.05, 0) is 19.8 Å². The Balaban J connectivity index is 2.85. The fraction of sp³-hybridized carbons (Fsp3) is 0.500. The third-order valence-electron chi connectivity index (χ3n) is 3.21. The van der Waals surface area contributed by atoms with Crippen LogP contribution in [0.1, 0.15) is 36.7 Å². The van der Waals surface area contributed by atoms with Gasteiger partial charge in [-0.25, -0.2) is 8.42 Å². The predicted octanol–water partition coefficient (Wildman–Crippen LogP) is 2.64. The van der Waals surface area contributed by atoms with Gasteiger partial charge < -0.3 is 0 Å². The van der Waals surface area contributed by atoms with Gasteiger partial charge in [-0.15, -0.1) is 0 Å². The van der Waals surface area contributed by atoms with E-state index in [2.05, 4.69) is 0 Å². The fourth-order valence-corrected chi connectivity index (χ4v) is 3.18. The molecule has 0 amide bonds. The second-order valence-electron chi connectivity index (χ2n) is 5.05. The molecule has 0 heterocycles. The normalized spacial score (nSPS) is 13.6. The number of rotatable bonds is 5. The lowest BCUT2D eigenvalue weighted by Gasteiger charge is -2.15. The maximum atomic E-state index is 12.0. The first-order chi connectivity index (χ1) is 8.24. The zero-order chi connectivity index (χ0) is 13.9. The SMILES string of the molecule is Cc1ccc(C(=O)CS(=O)(=O)C(C)C(C)C)cc1. The molecule has 0 fully saturated rings. The van der Waals surface area contributed by atoms with Gasteiger partial charge in [0.25, 0.3) is 0 Å². The van der Waals surface area contributed by atoms with E-state index in [1.165, 1.54) is 0 Å². The van der Waals surface area contributed by atoms with Crippen molar-refractivity contribution >= 4 is 15.6 Å². The lowest BCUT2D eigenvalue weighted by Crippen LogP contribution is -2.29. The average Bonchev–Trinajstić information content (AvgIpc) is 2.28. The van der Waals surface area contributed by atoms with Crippen LogP contribution in [0.4, 0.5) is 0 Å². The molecule has 1 unspecified atom stereocenters. The van der Waals surface area contributed by atoms with Gasteiger partial charge >= 0.3 is 0 Å². The van der Waals surface area contributed by atoms with Crippen LogP contribution in [0.5, 0.6) is 0 Å². The molecule has 4 heteroatoms. The summed E-state index contributed by atoms with van der Waals surface area (Å²) in [5, 5.41) is -0.494. The summed E-state index contributed by atoms with van der Waals surface area (Å²) in [5.41, 5.74) is 1.50. The van der Waals surface area contributed by atoms with Crippen LogP contribution in [-0.2, 0) is 9.84 Å². The third kappa shape index (κ3) is 3.67. The first-order valence-electron chi connectivity index (χ1n) is 6.05. The molecule has 1 aromatic rings. The van der Waals surface area contributed by atoms with E-state index in [1.807, 2.05) is 32.9 Å². The molecule has 1 rings (SSSR count). The van der Waals surface area contributed by atoms with Crippen LogP contribution in [-0.4, -0.2) is 25.2 Å². The second kappa shape index (κ2) is 5.65. The number of carbonyl (C=O) groups excluding carboxylic acids is 1. The van der Waals surface area contributed by atoms with Crippen molar-refractivity contribution in [3.63, 3.8) is 0 Å². The van der Waals surface area contributed by atoms with Crippen LogP contribution >= 0.6 is 0 Å². The molecule has 100 valence electrons. The minimum absolute atomic E-state index is 0.0146. The monoisotopic (exact) mass is 268 g/mol. The topological polar surface area (TPSA) is 51.2 Å². The van der Waals surface area contributed by atoms with E-state index in [0.29, 0.717) is 5.56 Å². The summed E-state index contributed by atoms with van der Waals surface area (Å²) in [6, 6.07) is 6.97. The van der Waals surface area contributed by atoms with Crippen molar-refractivity contribution in [1.29, 1.82) is 0 Å². The summed E-state index contributed by atoms with van der Waals surface area (Å²) in [4.78, 5) is 11.9. The molecule has 0 aromatic heterocycles. The zero-order valence-electron chi connectivity index (χ0n) is 11.3. The lowest BCUT2D eigenvalue weighted by molar-refractivity contribution is 0.102. The highest BCUT2D eigenvalue weighted by atomic mass is 32.2. The molecular formula is C14H20O3S. The Bertz CT molecular complexity index is 512. The summed E-state index contributed by atoms with van der Waals surface area (Å²) < 4.78 is 24.0. The maximum Gasteiger partial charge on any atom is 0.177 e. The van der Waals surface area contributed by atoms with Crippen LogP contribution in [0.2, 0.25) is 0 Å². The Labute approximate surface area is 109 Å². The summed E-state index contributed by atoms with van der Waals surface area (Å²) in [7, 11) is -3.37. The highest BCUT2D eigenvalue weighted by molar-refractivity contribution is 7.92. The van der Waals surface area contributed by atoms with Crippen molar-refractivity contribution in [2.75, 3.05) is 5.75 Å². The first kappa shape index (κ1) is 14.9. The third-order valence-corrected chi connectivity index (χ3v) is 5.55. The molecule has 0 spiro atoms. The van der Waals surface area contributed by atoms with Gasteiger partial charge in [-0.2, -0.15) is 0 Å². The smallest absolute Gasteiger partial charge is 0.177 e. The molecule has 0 aliphatic carbocycles. The molecular weight excluding hydrogens is 248 g/mol. The Kier molecular flexibility index (Phi) is 4.68. The molecule has 18 heavy (non-hydrogen) atoms. The van der Waals surface area contributed by atoms with Crippen LogP contribution in [0.15, 0.2) is 24.3 Å². The Morgan fingerprint density at radius 1 is 1.11 bits per heavy atom. The molecule has 0 aliphatic rings. The van der Waals surface area contributed by atoms with E-state index in [0.717, 1.165) is 5.56 Å². The number of carbonyl (C=O) groups is 1. The number of hydrogen-bond acceptors (Lipinski definition) is 3. The molecule has 1 atom stereocenters. The van der Waals surface area contributed by atoms with Gasteiger partial charge in [-0.3, -0.25) is 4.79 Å². The number of aryl methyl sites for hydroxylation is 1. The van der Waals surface area contributed by atoms with E-state index in [9.17, 15) is 13.2 Å². The molecule has 1 aromatic carbocycles. The minimum Gasteiger partial charge on any atom is -0.293 e. The molecule has 3 nitrogen and oxygen atoms in total. The van der Waals surface area contributed by atoms with Gasteiger partial charge in [0.05, 0.1) is 5.25 Å². The predicted molar refractivity (Wildman–Crippen MR) is 73.6 cm³/mol. The largest absolute Gasteiger partial charge is 0.293 e. The van der Waals surface area contributed by atoms with Crippen molar-refractivity contribution < 1.29 is 13.2 Å².